The molecule has 0 atom stereocenters. The summed E-state index contributed by atoms with van der Waals surface area (Å²) in [6, 6.07) is 16.7. The smallest absolute Gasteiger partial charge is 0.167 e. The minimum atomic E-state index is -0.383. The van der Waals surface area contributed by atoms with E-state index in [1.54, 1.807) is 67.6 Å². The van der Waals surface area contributed by atoms with Gasteiger partial charge in [-0.05, 0) is 154 Å². The number of ketones is 10. The minimum Gasteiger partial charge on any atom is -0.486 e. The molecule has 0 amide bonds. The van der Waals surface area contributed by atoms with Crippen LogP contribution in [0.15, 0.2) is 60.7 Å². The maximum atomic E-state index is 12.7. The van der Waals surface area contributed by atoms with Crippen LogP contribution >= 0.6 is 0 Å². The Kier molecular flexibility index (Phi) is 25.9. The van der Waals surface area contributed by atoms with Gasteiger partial charge >= 0.3 is 0 Å². The highest BCUT2D eigenvalue weighted by Gasteiger charge is 2.25. The van der Waals surface area contributed by atoms with Crippen LogP contribution in [0.3, 0.4) is 0 Å². The third-order valence-corrected chi connectivity index (χ3v) is 12.5. The highest BCUT2D eigenvalue weighted by atomic mass is 16.5. The molecule has 5 aromatic carbocycles. The molecule has 464 valence electrons. The molecule has 0 aromatic heterocycles. The van der Waals surface area contributed by atoms with E-state index in [1.807, 2.05) is 6.92 Å². The highest BCUT2D eigenvalue weighted by molar-refractivity contribution is 5.81. The Labute approximate surface area is 506 Å². The van der Waals surface area contributed by atoms with Crippen molar-refractivity contribution in [1.29, 1.82) is 0 Å². The number of hydrogen-bond acceptors (Lipinski definition) is 20. The van der Waals surface area contributed by atoms with E-state index >= 15 is 0 Å². The Morgan fingerprint density at radius 3 is 0.540 bits per heavy atom. The maximum Gasteiger partial charge on any atom is 0.167 e. The van der Waals surface area contributed by atoms with E-state index in [9.17, 15) is 47.9 Å². The molecule has 0 bridgehead atoms. The maximum absolute atomic E-state index is 12.7. The Morgan fingerprint density at radius 2 is 0.368 bits per heavy atom. The fourth-order valence-corrected chi connectivity index (χ4v) is 8.64. The molecule has 0 aliphatic heterocycles. The molecular weight excluding hydrogens is 1120 g/mol. The number of carbonyl (C=O) groups is 10. The van der Waals surface area contributed by atoms with Crippen molar-refractivity contribution in [2.75, 3.05) is 66.1 Å². The van der Waals surface area contributed by atoms with Gasteiger partial charge in [-0.3, -0.25) is 47.9 Å². The van der Waals surface area contributed by atoms with Crippen molar-refractivity contribution in [2.24, 2.45) is 0 Å². The van der Waals surface area contributed by atoms with Gasteiger partial charge in [0.05, 0.1) is 0 Å². The number of aryl methyl sites for hydroxylation is 2. The second kappa shape index (κ2) is 32.9. The number of Topliss-reactive ketones (excluding diaryl/α,β-unsaturated/α-hetero) is 10. The molecule has 0 aliphatic rings. The van der Waals surface area contributed by atoms with Crippen molar-refractivity contribution in [2.45, 2.75) is 115 Å². The summed E-state index contributed by atoms with van der Waals surface area (Å²) in [4.78, 5) is 124. The number of carbonyl (C=O) groups excluding carboxylic acids is 10. The van der Waals surface area contributed by atoms with Gasteiger partial charge in [0, 0.05) is 70.2 Å². The Morgan fingerprint density at radius 1 is 0.230 bits per heavy atom. The largest absolute Gasteiger partial charge is 0.486 e. The first kappa shape index (κ1) is 68.6. The second-order valence-electron chi connectivity index (χ2n) is 21.5. The predicted octanol–water partition coefficient (Wildman–Crippen LogP) is 8.60. The molecule has 0 radical (unpaired) electrons. The van der Waals surface area contributed by atoms with Gasteiger partial charge in [-0.2, -0.15) is 0 Å². The van der Waals surface area contributed by atoms with Crippen LogP contribution in [-0.2, 0) is 80.0 Å². The van der Waals surface area contributed by atoms with E-state index < -0.39 is 0 Å². The van der Waals surface area contributed by atoms with E-state index in [1.165, 1.54) is 69.2 Å². The Hall–Kier alpha value is -9.20. The van der Waals surface area contributed by atoms with Gasteiger partial charge in [-0.15, -0.1) is 0 Å². The van der Waals surface area contributed by atoms with Gasteiger partial charge in [0.25, 0.3) is 0 Å². The van der Waals surface area contributed by atoms with E-state index in [4.69, 9.17) is 47.4 Å². The van der Waals surface area contributed by atoms with E-state index in [-0.39, 0.29) is 184 Å². The van der Waals surface area contributed by atoms with Crippen LogP contribution in [-0.4, -0.2) is 124 Å². The zero-order valence-electron chi connectivity index (χ0n) is 51.5. The summed E-state index contributed by atoms with van der Waals surface area (Å²) in [5, 5.41) is 0. The third-order valence-electron chi connectivity index (χ3n) is 12.5. The molecule has 0 saturated heterocycles. The van der Waals surface area contributed by atoms with Gasteiger partial charge in [0.1, 0.15) is 124 Å². The summed E-state index contributed by atoms with van der Waals surface area (Å²) in [7, 11) is 0. The Balaban J connectivity index is 1.75. The zero-order valence-corrected chi connectivity index (χ0v) is 51.5. The first-order valence-electron chi connectivity index (χ1n) is 28.2. The van der Waals surface area contributed by atoms with Crippen molar-refractivity contribution in [1.82, 2.24) is 0 Å². The van der Waals surface area contributed by atoms with E-state index in [0.29, 0.717) is 85.1 Å². The van der Waals surface area contributed by atoms with Crippen LogP contribution in [0.4, 0.5) is 0 Å². The summed E-state index contributed by atoms with van der Waals surface area (Å²) in [5.74, 6) is -0.0781. The highest BCUT2D eigenvalue weighted by Crippen LogP contribution is 2.42. The van der Waals surface area contributed by atoms with Gasteiger partial charge in [0.2, 0.25) is 0 Å². The van der Waals surface area contributed by atoms with Crippen molar-refractivity contribution in [3.63, 3.8) is 0 Å². The van der Waals surface area contributed by atoms with Crippen molar-refractivity contribution in [3.05, 3.63) is 116 Å². The van der Waals surface area contributed by atoms with Crippen LogP contribution in [0, 0.1) is 6.92 Å². The molecule has 5 aromatic rings. The molecular formula is C67H76O20. The summed E-state index contributed by atoms with van der Waals surface area (Å²) >= 11 is 0. The van der Waals surface area contributed by atoms with Crippen LogP contribution < -0.4 is 47.4 Å². The molecule has 0 N–H and O–H groups in total. The molecule has 0 aliphatic carbocycles. The number of ether oxygens (including phenoxy) is 10. The van der Waals surface area contributed by atoms with Gasteiger partial charge < -0.3 is 47.4 Å². The molecule has 0 spiro atoms. The van der Waals surface area contributed by atoms with Crippen LogP contribution in [0.5, 0.6) is 57.5 Å². The van der Waals surface area contributed by atoms with E-state index in [0.717, 1.165) is 0 Å². The first-order valence-corrected chi connectivity index (χ1v) is 28.2. The minimum absolute atomic E-state index is 0.0416. The number of hydrogen-bond donors (Lipinski definition) is 0. The average Bonchev–Trinajstić information content (AvgIpc) is 1.37. The predicted molar refractivity (Wildman–Crippen MR) is 319 cm³/mol. The van der Waals surface area contributed by atoms with Crippen LogP contribution in [0.1, 0.15) is 132 Å². The standard InChI is InChI=1S/C67H76O20/c1-13-49-19-61(81-31-42(6)71)51(21-60(49)80-30-41(5)70)16-53-23-65(85-35-46(10)75)55(25-64(53)84-34-45(9)74)18-57-27-66(86-36-47(11)76)56(26-67(57)87-37-48(12)77)17-54-24-62(82-32-43(7)72)52(22-63(54)83-33-44(8)73)15-50-20-58(78-28-39(3)68)38(2)14-59(50)79-29-40(4)69/h14,19-27H,13,15-18,28-37H2,1-12H3. The van der Waals surface area contributed by atoms with Crippen LogP contribution in [0.2, 0.25) is 0 Å². The summed E-state index contributed by atoms with van der Waals surface area (Å²) in [6.45, 7) is 14.3. The van der Waals surface area contributed by atoms with Crippen molar-refractivity contribution in [3.8, 4) is 57.5 Å². The molecule has 87 heavy (non-hydrogen) atoms. The molecule has 0 heterocycles. The summed E-state index contributed by atoms with van der Waals surface area (Å²) < 4.78 is 61.1. The third kappa shape index (κ3) is 22.3. The second-order valence-corrected chi connectivity index (χ2v) is 21.5. The summed E-state index contributed by atoms with van der Waals surface area (Å²) in [6.07, 6.45) is 0.470. The van der Waals surface area contributed by atoms with Gasteiger partial charge in [-0.25, -0.2) is 0 Å². The number of rotatable bonds is 39. The average molecular weight is 1200 g/mol. The van der Waals surface area contributed by atoms with Gasteiger partial charge in [-0.1, -0.05) is 6.92 Å². The lowest BCUT2D eigenvalue weighted by atomic mass is 9.94. The SMILES string of the molecule is CCc1cc(OCC(C)=O)c(Cc2cc(OCC(C)=O)c(Cc3cc(OCC(C)=O)c(Cc4cc(OCC(C)=O)c(Cc5cc(OCC(C)=O)c(C)cc5OCC(C)=O)cc4OCC(C)=O)cc3OCC(C)=O)cc2OCC(C)=O)cc1OCC(C)=O. The Bertz CT molecular complexity index is 3420. The van der Waals surface area contributed by atoms with E-state index in [2.05, 4.69) is 0 Å². The lowest BCUT2D eigenvalue weighted by Gasteiger charge is -2.22. The molecule has 0 unspecified atom stereocenters. The molecule has 0 fully saturated rings. The van der Waals surface area contributed by atoms with Crippen molar-refractivity contribution < 1.29 is 95.3 Å². The fraction of sp³-hybridized carbons (Fsp3) is 0.403. The topological polar surface area (TPSA) is 263 Å². The number of benzene rings is 5. The van der Waals surface area contributed by atoms with Crippen LogP contribution in [0.25, 0.3) is 0 Å². The molecule has 5 rings (SSSR count). The normalized spacial score (nSPS) is 10.8. The summed E-state index contributed by atoms with van der Waals surface area (Å²) in [5.41, 5.74) is 4.94. The molecule has 0 saturated carbocycles. The van der Waals surface area contributed by atoms with Crippen molar-refractivity contribution >= 4 is 57.8 Å². The zero-order chi connectivity index (χ0) is 64.1. The fourth-order valence-electron chi connectivity index (χ4n) is 8.64. The first-order chi connectivity index (χ1) is 41.2. The van der Waals surface area contributed by atoms with Gasteiger partial charge in [0.15, 0.2) is 57.8 Å². The monoisotopic (exact) mass is 1200 g/mol. The molecule has 20 nitrogen and oxygen atoms in total. The lowest BCUT2D eigenvalue weighted by Crippen LogP contribution is -2.14. The molecule has 20 heteroatoms. The quantitative estimate of drug-likeness (QED) is 0.0356. The lowest BCUT2D eigenvalue weighted by molar-refractivity contribution is -0.119.